The first-order valence-corrected chi connectivity index (χ1v) is 6.38. The molecule has 2 aliphatic rings. The highest BCUT2D eigenvalue weighted by atomic mass is 16.2. The van der Waals surface area contributed by atoms with E-state index in [4.69, 9.17) is 0 Å². The Morgan fingerprint density at radius 2 is 2.19 bits per heavy atom. The minimum absolute atomic E-state index is 0.226. The zero-order chi connectivity index (χ0) is 11.5. The number of nitrogens with zero attached hydrogens (tertiary/aromatic N) is 2. The van der Waals surface area contributed by atoms with E-state index in [0.29, 0.717) is 11.9 Å². The summed E-state index contributed by atoms with van der Waals surface area (Å²) in [6, 6.07) is 0.495. The van der Waals surface area contributed by atoms with Crippen LogP contribution in [0.15, 0.2) is 0 Å². The summed E-state index contributed by atoms with van der Waals surface area (Å²) < 4.78 is 0. The maximum atomic E-state index is 12.3. The van der Waals surface area contributed by atoms with Crippen LogP contribution in [0.25, 0.3) is 0 Å². The number of likely N-dealkylation sites (N-methyl/N-ethyl adjacent to an activating group) is 1. The standard InChI is InChI=1S/C12H23N3O/c1-10-9-15(7-6-14(10)2)12(16)11-4-3-5-13-8-11/h10-11,13H,3-9H2,1-2H3/t10?,11-/m1/s1. The highest BCUT2D eigenvalue weighted by Crippen LogP contribution is 2.16. The molecular weight excluding hydrogens is 202 g/mol. The number of rotatable bonds is 1. The third-order valence-electron chi connectivity index (χ3n) is 3.92. The van der Waals surface area contributed by atoms with Crippen LogP contribution in [0.3, 0.4) is 0 Å². The fourth-order valence-electron chi connectivity index (χ4n) is 2.57. The smallest absolute Gasteiger partial charge is 0.227 e. The van der Waals surface area contributed by atoms with Crippen molar-refractivity contribution in [3.63, 3.8) is 0 Å². The Bertz CT molecular complexity index is 251. The summed E-state index contributed by atoms with van der Waals surface area (Å²) in [6.07, 6.45) is 2.20. The largest absolute Gasteiger partial charge is 0.340 e. The quantitative estimate of drug-likeness (QED) is 0.690. The maximum Gasteiger partial charge on any atom is 0.227 e. The summed E-state index contributed by atoms with van der Waals surface area (Å²) in [6.45, 7) is 6.94. The van der Waals surface area contributed by atoms with Gasteiger partial charge < -0.3 is 15.1 Å². The zero-order valence-electron chi connectivity index (χ0n) is 10.4. The molecule has 4 heteroatoms. The van der Waals surface area contributed by atoms with Gasteiger partial charge in [-0.1, -0.05) is 0 Å². The predicted molar refractivity (Wildman–Crippen MR) is 64.3 cm³/mol. The molecule has 0 radical (unpaired) electrons. The predicted octanol–water partition coefficient (Wildman–Crippen LogP) is 0.149. The van der Waals surface area contributed by atoms with Gasteiger partial charge in [-0.3, -0.25) is 4.79 Å². The second kappa shape index (κ2) is 5.15. The van der Waals surface area contributed by atoms with Crippen LogP contribution >= 0.6 is 0 Å². The molecule has 16 heavy (non-hydrogen) atoms. The minimum atomic E-state index is 0.226. The van der Waals surface area contributed by atoms with Crippen molar-refractivity contribution in [2.45, 2.75) is 25.8 Å². The van der Waals surface area contributed by atoms with Crippen molar-refractivity contribution in [1.29, 1.82) is 0 Å². The Morgan fingerprint density at radius 3 is 2.81 bits per heavy atom. The van der Waals surface area contributed by atoms with Crippen molar-refractivity contribution in [3.8, 4) is 0 Å². The first kappa shape index (κ1) is 11.9. The van der Waals surface area contributed by atoms with Crippen LogP contribution in [0.2, 0.25) is 0 Å². The molecule has 0 bridgehead atoms. The van der Waals surface area contributed by atoms with Gasteiger partial charge >= 0.3 is 0 Å². The van der Waals surface area contributed by atoms with E-state index in [1.165, 1.54) is 0 Å². The van der Waals surface area contributed by atoms with Crippen LogP contribution in [0, 0.1) is 5.92 Å². The summed E-state index contributed by atoms with van der Waals surface area (Å²) in [4.78, 5) is 16.7. The lowest BCUT2D eigenvalue weighted by atomic mass is 9.97. The van der Waals surface area contributed by atoms with Crippen LogP contribution in [0.1, 0.15) is 19.8 Å². The molecule has 4 nitrogen and oxygen atoms in total. The molecule has 2 atom stereocenters. The summed E-state index contributed by atoms with van der Waals surface area (Å²) in [7, 11) is 2.13. The first-order chi connectivity index (χ1) is 7.68. The van der Waals surface area contributed by atoms with E-state index in [2.05, 4.69) is 29.1 Å². The molecule has 92 valence electrons. The molecule has 0 aliphatic carbocycles. The number of piperidine rings is 1. The lowest BCUT2D eigenvalue weighted by Crippen LogP contribution is -2.54. The van der Waals surface area contributed by atoms with Crippen molar-refractivity contribution in [2.24, 2.45) is 5.92 Å². The molecule has 2 rings (SSSR count). The Morgan fingerprint density at radius 1 is 1.38 bits per heavy atom. The summed E-state index contributed by atoms with van der Waals surface area (Å²) in [5.41, 5.74) is 0. The average Bonchev–Trinajstić information content (AvgIpc) is 2.33. The minimum Gasteiger partial charge on any atom is -0.340 e. The van der Waals surface area contributed by atoms with E-state index in [9.17, 15) is 4.79 Å². The SMILES string of the molecule is CC1CN(C(=O)[C@@H]2CCCNC2)CCN1C. The molecular formula is C12H23N3O. The van der Waals surface area contributed by atoms with Gasteiger partial charge in [-0.15, -0.1) is 0 Å². The number of hydrogen-bond acceptors (Lipinski definition) is 3. The van der Waals surface area contributed by atoms with E-state index in [1.807, 2.05) is 0 Å². The molecule has 0 aromatic heterocycles. The molecule has 1 N–H and O–H groups in total. The molecule has 2 heterocycles. The number of piperazine rings is 1. The Hall–Kier alpha value is -0.610. The van der Waals surface area contributed by atoms with E-state index in [0.717, 1.165) is 45.6 Å². The Labute approximate surface area is 98.0 Å². The van der Waals surface area contributed by atoms with Crippen LogP contribution < -0.4 is 5.32 Å². The fraction of sp³-hybridized carbons (Fsp3) is 0.917. The number of nitrogens with one attached hydrogen (secondary N) is 1. The second-order valence-corrected chi connectivity index (χ2v) is 5.16. The van der Waals surface area contributed by atoms with Gasteiger partial charge in [0.1, 0.15) is 0 Å². The first-order valence-electron chi connectivity index (χ1n) is 6.38. The van der Waals surface area contributed by atoms with Gasteiger partial charge in [0.25, 0.3) is 0 Å². The van der Waals surface area contributed by atoms with Crippen molar-refractivity contribution in [3.05, 3.63) is 0 Å². The summed E-state index contributed by atoms with van der Waals surface area (Å²) in [5.74, 6) is 0.594. The van der Waals surface area contributed by atoms with Crippen molar-refractivity contribution < 1.29 is 4.79 Å². The monoisotopic (exact) mass is 225 g/mol. The van der Waals surface area contributed by atoms with Gasteiger partial charge in [-0.2, -0.15) is 0 Å². The number of hydrogen-bond donors (Lipinski definition) is 1. The van der Waals surface area contributed by atoms with Gasteiger partial charge in [0.2, 0.25) is 5.91 Å². The Kier molecular flexibility index (Phi) is 3.82. The van der Waals surface area contributed by atoms with Gasteiger partial charge in [0.15, 0.2) is 0 Å². The molecule has 2 fully saturated rings. The molecule has 0 aromatic rings. The Balaban J connectivity index is 1.89. The lowest BCUT2D eigenvalue weighted by molar-refractivity contribution is -0.138. The van der Waals surface area contributed by atoms with Crippen molar-refractivity contribution >= 4 is 5.91 Å². The summed E-state index contributed by atoms with van der Waals surface area (Å²) in [5, 5.41) is 3.32. The normalized spacial score (nSPS) is 32.8. The van der Waals surface area contributed by atoms with Crippen LogP contribution in [-0.2, 0) is 4.79 Å². The highest BCUT2D eigenvalue weighted by molar-refractivity contribution is 5.79. The molecule has 2 saturated heterocycles. The zero-order valence-corrected chi connectivity index (χ0v) is 10.4. The number of carbonyl (C=O) groups excluding carboxylic acids is 1. The van der Waals surface area contributed by atoms with Crippen molar-refractivity contribution in [2.75, 3.05) is 39.8 Å². The van der Waals surface area contributed by atoms with Gasteiger partial charge in [0.05, 0.1) is 5.92 Å². The molecule has 0 aromatic carbocycles. The third kappa shape index (κ3) is 2.55. The van der Waals surface area contributed by atoms with Crippen LogP contribution in [-0.4, -0.2) is 61.5 Å². The highest BCUT2D eigenvalue weighted by Gasteiger charge is 2.29. The summed E-state index contributed by atoms with van der Waals surface area (Å²) >= 11 is 0. The van der Waals surface area contributed by atoms with Crippen LogP contribution in [0.4, 0.5) is 0 Å². The third-order valence-corrected chi connectivity index (χ3v) is 3.92. The van der Waals surface area contributed by atoms with E-state index >= 15 is 0 Å². The molecule has 1 unspecified atom stereocenters. The molecule has 0 spiro atoms. The maximum absolute atomic E-state index is 12.3. The topological polar surface area (TPSA) is 35.6 Å². The van der Waals surface area contributed by atoms with Gasteiger partial charge in [-0.25, -0.2) is 0 Å². The van der Waals surface area contributed by atoms with E-state index in [1.54, 1.807) is 0 Å². The molecule has 2 aliphatic heterocycles. The van der Waals surface area contributed by atoms with Gasteiger partial charge in [-0.05, 0) is 33.4 Å². The van der Waals surface area contributed by atoms with Crippen LogP contribution in [0.5, 0.6) is 0 Å². The number of amides is 1. The lowest BCUT2D eigenvalue weighted by Gasteiger charge is -2.39. The van der Waals surface area contributed by atoms with E-state index < -0.39 is 0 Å². The molecule has 0 saturated carbocycles. The molecule has 1 amide bonds. The van der Waals surface area contributed by atoms with Gasteiger partial charge in [0, 0.05) is 32.2 Å². The fourth-order valence-corrected chi connectivity index (χ4v) is 2.57. The van der Waals surface area contributed by atoms with E-state index in [-0.39, 0.29) is 5.92 Å². The average molecular weight is 225 g/mol. The number of carbonyl (C=O) groups is 1. The second-order valence-electron chi connectivity index (χ2n) is 5.16. The van der Waals surface area contributed by atoms with Crippen molar-refractivity contribution in [1.82, 2.24) is 15.1 Å².